The third-order valence-corrected chi connectivity index (χ3v) is 5.67. The Bertz CT molecular complexity index is 1060. The Morgan fingerprint density at radius 3 is 2.66 bits per heavy atom. The molecule has 0 bridgehead atoms. The zero-order chi connectivity index (χ0) is 22.5. The Labute approximate surface area is 186 Å². The zero-order valence-electron chi connectivity index (χ0n) is 18.3. The Balaban J connectivity index is 1.51. The summed E-state index contributed by atoms with van der Waals surface area (Å²) in [5, 5.41) is 7.48. The van der Waals surface area contributed by atoms with Crippen molar-refractivity contribution in [2.45, 2.75) is 6.04 Å². The van der Waals surface area contributed by atoms with Gasteiger partial charge in [0.25, 0.3) is 5.91 Å². The van der Waals surface area contributed by atoms with Gasteiger partial charge in [0.2, 0.25) is 0 Å². The number of hydrogen-bond donors (Lipinski definition) is 1. The largest absolute Gasteiger partial charge is 0.497 e. The Morgan fingerprint density at radius 2 is 1.94 bits per heavy atom. The normalized spacial score (nSPS) is 15.3. The van der Waals surface area contributed by atoms with Crippen molar-refractivity contribution in [1.82, 2.24) is 20.0 Å². The van der Waals surface area contributed by atoms with E-state index in [4.69, 9.17) is 9.47 Å². The fraction of sp³-hybridized carbons (Fsp3) is 0.333. The number of carbonyl (C=O) groups is 1. The number of methoxy groups -OCH3 is 1. The number of nitrogens with zero attached hydrogens (tertiary/aromatic N) is 3. The van der Waals surface area contributed by atoms with Gasteiger partial charge in [0.1, 0.15) is 17.3 Å². The van der Waals surface area contributed by atoms with Crippen LogP contribution in [0.2, 0.25) is 0 Å². The lowest BCUT2D eigenvalue weighted by atomic mass is 10.0. The van der Waals surface area contributed by atoms with E-state index in [9.17, 15) is 9.18 Å². The van der Waals surface area contributed by atoms with Crippen molar-refractivity contribution in [3.63, 3.8) is 0 Å². The van der Waals surface area contributed by atoms with Gasteiger partial charge in [-0.1, -0.05) is 12.1 Å². The summed E-state index contributed by atoms with van der Waals surface area (Å²) in [7, 11) is 3.37. The number of benzene rings is 2. The van der Waals surface area contributed by atoms with Crippen molar-refractivity contribution in [3.8, 4) is 17.0 Å². The van der Waals surface area contributed by atoms with Crippen LogP contribution >= 0.6 is 0 Å². The van der Waals surface area contributed by atoms with Gasteiger partial charge in [-0.15, -0.1) is 0 Å². The molecule has 0 spiro atoms. The molecular formula is C24H27FN4O3. The van der Waals surface area contributed by atoms with Crippen LogP contribution in [0.25, 0.3) is 11.3 Å². The number of rotatable bonds is 7. The standard InChI is InChI=1S/C24H27FN4O3/c1-28-22(15-21(27-28)17-6-8-19(25)9-7-17)24(30)26-16-23(29-10-12-32-13-11-29)18-4-3-5-20(14-18)31-2/h3-9,14-15,23H,10-13,16H2,1-2H3,(H,26,30)/t23-/m0/s1. The second-order valence-corrected chi connectivity index (χ2v) is 7.70. The molecule has 7 nitrogen and oxygen atoms in total. The highest BCUT2D eigenvalue weighted by Gasteiger charge is 2.24. The van der Waals surface area contributed by atoms with E-state index in [1.54, 1.807) is 37.0 Å². The molecule has 1 atom stereocenters. The van der Waals surface area contributed by atoms with Crippen molar-refractivity contribution in [2.75, 3.05) is 40.0 Å². The summed E-state index contributed by atoms with van der Waals surface area (Å²) in [4.78, 5) is 15.3. The number of aromatic nitrogens is 2. The van der Waals surface area contributed by atoms with E-state index in [0.29, 0.717) is 31.1 Å². The van der Waals surface area contributed by atoms with E-state index in [-0.39, 0.29) is 17.8 Å². The minimum absolute atomic E-state index is 0.0113. The van der Waals surface area contributed by atoms with Crippen LogP contribution in [0.1, 0.15) is 22.1 Å². The van der Waals surface area contributed by atoms with Gasteiger partial charge in [-0.2, -0.15) is 5.10 Å². The highest BCUT2D eigenvalue weighted by molar-refractivity contribution is 5.93. The molecule has 2 aromatic carbocycles. The fourth-order valence-electron chi connectivity index (χ4n) is 3.92. The molecule has 3 aromatic rings. The monoisotopic (exact) mass is 438 g/mol. The minimum Gasteiger partial charge on any atom is -0.497 e. The van der Waals surface area contributed by atoms with Gasteiger partial charge in [-0.05, 0) is 48.0 Å². The maximum atomic E-state index is 13.2. The van der Waals surface area contributed by atoms with Crippen molar-refractivity contribution in [1.29, 1.82) is 0 Å². The van der Waals surface area contributed by atoms with Crippen LogP contribution in [-0.4, -0.2) is 60.5 Å². The first kappa shape index (κ1) is 22.0. The highest BCUT2D eigenvalue weighted by atomic mass is 19.1. The van der Waals surface area contributed by atoms with E-state index in [1.165, 1.54) is 12.1 Å². The lowest BCUT2D eigenvalue weighted by Crippen LogP contribution is -2.44. The van der Waals surface area contributed by atoms with Gasteiger partial charge in [-0.25, -0.2) is 4.39 Å². The Hall–Kier alpha value is -3.23. The average Bonchev–Trinajstić information content (AvgIpc) is 3.22. The number of amides is 1. The summed E-state index contributed by atoms with van der Waals surface area (Å²) in [5.41, 5.74) is 2.89. The average molecular weight is 439 g/mol. The van der Waals surface area contributed by atoms with E-state index >= 15 is 0 Å². The molecule has 0 unspecified atom stereocenters. The lowest BCUT2D eigenvalue weighted by molar-refractivity contribution is 0.0161. The molecule has 0 radical (unpaired) electrons. The summed E-state index contributed by atoms with van der Waals surface area (Å²) in [6, 6.07) is 15.7. The zero-order valence-corrected chi connectivity index (χ0v) is 18.3. The van der Waals surface area contributed by atoms with E-state index < -0.39 is 0 Å². The molecule has 1 N–H and O–H groups in total. The van der Waals surface area contributed by atoms with Gasteiger partial charge in [0.05, 0.1) is 32.1 Å². The smallest absolute Gasteiger partial charge is 0.269 e. The molecule has 1 amide bonds. The summed E-state index contributed by atoms with van der Waals surface area (Å²) in [6.45, 7) is 3.34. The van der Waals surface area contributed by atoms with Crippen LogP contribution in [0.3, 0.4) is 0 Å². The van der Waals surface area contributed by atoms with Crippen molar-refractivity contribution in [3.05, 3.63) is 71.7 Å². The molecule has 2 heterocycles. The number of nitrogens with one attached hydrogen (secondary N) is 1. The molecule has 1 aliphatic rings. The predicted octanol–water partition coefficient (Wildman–Crippen LogP) is 3.04. The maximum Gasteiger partial charge on any atom is 0.269 e. The summed E-state index contributed by atoms with van der Waals surface area (Å²) in [6.07, 6.45) is 0. The number of morpholine rings is 1. The van der Waals surface area contributed by atoms with Gasteiger partial charge in [0, 0.05) is 32.2 Å². The van der Waals surface area contributed by atoms with Crippen molar-refractivity contribution in [2.24, 2.45) is 7.05 Å². The molecule has 168 valence electrons. The summed E-state index contributed by atoms with van der Waals surface area (Å²) < 4.78 is 25.7. The SMILES string of the molecule is COc1cccc([C@H](CNC(=O)c2cc(-c3ccc(F)cc3)nn2C)N2CCOCC2)c1. The van der Waals surface area contributed by atoms with Gasteiger partial charge >= 0.3 is 0 Å². The second-order valence-electron chi connectivity index (χ2n) is 7.70. The Kier molecular flexibility index (Phi) is 6.82. The number of aryl methyl sites for hydroxylation is 1. The van der Waals surface area contributed by atoms with Crippen LogP contribution in [-0.2, 0) is 11.8 Å². The fourth-order valence-corrected chi connectivity index (χ4v) is 3.92. The number of halogens is 1. The molecule has 8 heteroatoms. The molecule has 1 aliphatic heterocycles. The van der Waals surface area contributed by atoms with Crippen molar-refractivity contribution >= 4 is 5.91 Å². The molecule has 1 saturated heterocycles. The first-order chi connectivity index (χ1) is 15.5. The van der Waals surface area contributed by atoms with Gasteiger partial charge in [-0.3, -0.25) is 14.4 Å². The topological polar surface area (TPSA) is 68.6 Å². The number of ether oxygens (including phenoxy) is 2. The van der Waals surface area contributed by atoms with Crippen LogP contribution in [0.5, 0.6) is 5.75 Å². The summed E-state index contributed by atoms with van der Waals surface area (Å²) in [5.74, 6) is 0.256. The van der Waals surface area contributed by atoms with Crippen molar-refractivity contribution < 1.29 is 18.7 Å². The molecule has 1 fully saturated rings. The molecule has 0 saturated carbocycles. The van der Waals surface area contributed by atoms with Crippen LogP contribution < -0.4 is 10.1 Å². The maximum absolute atomic E-state index is 13.2. The molecular weight excluding hydrogens is 411 g/mol. The predicted molar refractivity (Wildman–Crippen MR) is 119 cm³/mol. The van der Waals surface area contributed by atoms with E-state index in [0.717, 1.165) is 30.0 Å². The minimum atomic E-state index is -0.311. The van der Waals surface area contributed by atoms with E-state index in [1.807, 2.05) is 24.3 Å². The van der Waals surface area contributed by atoms with Crippen LogP contribution in [0, 0.1) is 5.82 Å². The first-order valence-electron chi connectivity index (χ1n) is 10.6. The first-order valence-corrected chi connectivity index (χ1v) is 10.6. The quantitative estimate of drug-likeness (QED) is 0.614. The molecule has 1 aromatic heterocycles. The van der Waals surface area contributed by atoms with Crippen LogP contribution in [0.4, 0.5) is 4.39 Å². The third-order valence-electron chi connectivity index (χ3n) is 5.67. The van der Waals surface area contributed by atoms with Gasteiger partial charge in [0.15, 0.2) is 0 Å². The third kappa shape index (κ3) is 4.98. The van der Waals surface area contributed by atoms with Crippen LogP contribution in [0.15, 0.2) is 54.6 Å². The van der Waals surface area contributed by atoms with E-state index in [2.05, 4.69) is 15.3 Å². The number of carbonyl (C=O) groups excluding carboxylic acids is 1. The highest BCUT2D eigenvalue weighted by Crippen LogP contribution is 2.25. The summed E-state index contributed by atoms with van der Waals surface area (Å²) >= 11 is 0. The number of hydrogen-bond acceptors (Lipinski definition) is 5. The van der Waals surface area contributed by atoms with Gasteiger partial charge < -0.3 is 14.8 Å². The molecule has 0 aliphatic carbocycles. The Morgan fingerprint density at radius 1 is 1.19 bits per heavy atom. The lowest BCUT2D eigenvalue weighted by Gasteiger charge is -2.35. The molecule has 4 rings (SSSR count). The second kappa shape index (κ2) is 9.93. The molecule has 32 heavy (non-hydrogen) atoms.